The van der Waals surface area contributed by atoms with Gasteiger partial charge in [0.1, 0.15) is 11.6 Å². The van der Waals surface area contributed by atoms with Gasteiger partial charge in [0.05, 0.1) is 15.5 Å². The fourth-order valence-corrected chi connectivity index (χ4v) is 4.32. The molecule has 3 aromatic rings. The molecule has 1 amide bonds. The number of halogens is 1. The summed E-state index contributed by atoms with van der Waals surface area (Å²) in [6.45, 7) is 6.13. The Morgan fingerprint density at radius 2 is 1.76 bits per heavy atom. The van der Waals surface area contributed by atoms with Crippen LogP contribution in [-0.4, -0.2) is 51.9 Å². The summed E-state index contributed by atoms with van der Waals surface area (Å²) in [7, 11) is 0. The van der Waals surface area contributed by atoms with Crippen LogP contribution in [0.4, 0.5) is 11.5 Å². The number of rotatable bonds is 5. The van der Waals surface area contributed by atoms with Gasteiger partial charge >= 0.3 is 0 Å². The fourth-order valence-electron chi connectivity index (χ4n) is 4.07. The first-order chi connectivity index (χ1) is 15.8. The Bertz CT molecular complexity index is 1190. The quantitative estimate of drug-likeness (QED) is 0.414. The number of piperazine rings is 1. The number of anilines is 1. The van der Waals surface area contributed by atoms with E-state index in [1.807, 2.05) is 32.0 Å². The number of hydrogen-bond acceptors (Lipinski definition) is 6. The summed E-state index contributed by atoms with van der Waals surface area (Å²) in [5, 5.41) is 11.0. The summed E-state index contributed by atoms with van der Waals surface area (Å²) in [6.07, 6.45) is 0.736. The van der Waals surface area contributed by atoms with Crippen molar-refractivity contribution in [1.29, 1.82) is 0 Å². The van der Waals surface area contributed by atoms with E-state index in [0.29, 0.717) is 26.2 Å². The van der Waals surface area contributed by atoms with Gasteiger partial charge in [-0.3, -0.25) is 14.9 Å². The van der Waals surface area contributed by atoms with E-state index in [-0.39, 0.29) is 22.2 Å². The molecule has 0 aliphatic carbocycles. The van der Waals surface area contributed by atoms with Crippen LogP contribution in [0.15, 0.2) is 48.5 Å². The zero-order valence-electron chi connectivity index (χ0n) is 18.5. The second kappa shape index (κ2) is 9.54. The average molecular weight is 466 g/mol. The van der Waals surface area contributed by atoms with Crippen molar-refractivity contribution in [3.8, 4) is 0 Å². The number of aromatic nitrogens is 2. The molecule has 2 heterocycles. The zero-order valence-corrected chi connectivity index (χ0v) is 19.2. The van der Waals surface area contributed by atoms with Crippen LogP contribution >= 0.6 is 11.6 Å². The van der Waals surface area contributed by atoms with Crippen LogP contribution in [-0.2, 0) is 6.42 Å². The predicted octanol–water partition coefficient (Wildman–Crippen LogP) is 4.21. The molecule has 1 saturated heterocycles. The number of aryl methyl sites for hydroxylation is 2. The van der Waals surface area contributed by atoms with Crippen LogP contribution in [0.2, 0.25) is 5.02 Å². The van der Waals surface area contributed by atoms with Gasteiger partial charge < -0.3 is 9.80 Å². The Kier molecular flexibility index (Phi) is 6.55. The Morgan fingerprint density at radius 3 is 2.39 bits per heavy atom. The molecule has 0 N–H and O–H groups in total. The number of non-ortho nitro benzene ring substituents is 1. The molecule has 1 aromatic heterocycles. The molecule has 170 valence electrons. The molecule has 1 fully saturated rings. The van der Waals surface area contributed by atoms with Gasteiger partial charge in [-0.05, 0) is 25.5 Å². The van der Waals surface area contributed by atoms with Gasteiger partial charge in [0.25, 0.3) is 11.6 Å². The molecule has 0 atom stereocenters. The molecule has 1 aliphatic rings. The van der Waals surface area contributed by atoms with Gasteiger partial charge in [-0.2, -0.15) is 0 Å². The van der Waals surface area contributed by atoms with Crippen LogP contribution in [0.3, 0.4) is 0 Å². The highest BCUT2D eigenvalue weighted by atomic mass is 35.5. The lowest BCUT2D eigenvalue weighted by Crippen LogP contribution is -2.49. The highest BCUT2D eigenvalue weighted by Crippen LogP contribution is 2.27. The van der Waals surface area contributed by atoms with Gasteiger partial charge in [-0.25, -0.2) is 9.97 Å². The molecule has 8 nitrogen and oxygen atoms in total. The lowest BCUT2D eigenvalue weighted by atomic mass is 10.0. The van der Waals surface area contributed by atoms with E-state index in [4.69, 9.17) is 16.6 Å². The summed E-state index contributed by atoms with van der Waals surface area (Å²) in [5.74, 6) is 1.40. The molecule has 0 radical (unpaired) electrons. The first-order valence-corrected chi connectivity index (χ1v) is 11.1. The van der Waals surface area contributed by atoms with E-state index in [1.54, 1.807) is 4.90 Å². The standard InChI is InChI=1S/C24H24ClN5O3/c1-16-21(14-18-6-4-3-5-7-18)23(27-17(2)26-16)28-10-12-29(13-11-28)24(31)20-9-8-19(30(32)33)15-22(20)25/h3-9,15H,10-14H2,1-2H3. The lowest BCUT2D eigenvalue weighted by molar-refractivity contribution is -0.384. The highest BCUT2D eigenvalue weighted by Gasteiger charge is 2.27. The van der Waals surface area contributed by atoms with Crippen LogP contribution in [0.25, 0.3) is 0 Å². The van der Waals surface area contributed by atoms with Gasteiger partial charge in [-0.15, -0.1) is 0 Å². The minimum Gasteiger partial charge on any atom is -0.353 e. The number of carbonyl (C=O) groups excluding carboxylic acids is 1. The maximum absolute atomic E-state index is 13.0. The van der Waals surface area contributed by atoms with E-state index >= 15 is 0 Å². The molecule has 0 spiro atoms. The largest absolute Gasteiger partial charge is 0.353 e. The number of amides is 1. The molecule has 0 bridgehead atoms. The monoisotopic (exact) mass is 465 g/mol. The summed E-state index contributed by atoms with van der Waals surface area (Å²) < 4.78 is 0. The molecular formula is C24H24ClN5O3. The van der Waals surface area contributed by atoms with E-state index in [2.05, 4.69) is 22.0 Å². The smallest absolute Gasteiger partial charge is 0.270 e. The van der Waals surface area contributed by atoms with Crippen LogP contribution in [0.5, 0.6) is 0 Å². The molecule has 0 saturated carbocycles. The Balaban J connectivity index is 1.51. The normalized spacial score (nSPS) is 13.8. The minimum atomic E-state index is -0.530. The van der Waals surface area contributed by atoms with Gasteiger partial charge in [0.15, 0.2) is 0 Å². The summed E-state index contributed by atoms with van der Waals surface area (Å²) in [6, 6.07) is 14.2. The maximum atomic E-state index is 13.0. The first-order valence-electron chi connectivity index (χ1n) is 10.7. The highest BCUT2D eigenvalue weighted by molar-refractivity contribution is 6.34. The van der Waals surface area contributed by atoms with E-state index in [0.717, 1.165) is 29.3 Å². The average Bonchev–Trinajstić information content (AvgIpc) is 2.81. The Labute approximate surface area is 197 Å². The van der Waals surface area contributed by atoms with Crippen molar-refractivity contribution in [3.63, 3.8) is 0 Å². The summed E-state index contributed by atoms with van der Waals surface area (Å²) >= 11 is 6.17. The predicted molar refractivity (Wildman–Crippen MR) is 127 cm³/mol. The molecule has 2 aromatic carbocycles. The van der Waals surface area contributed by atoms with E-state index < -0.39 is 4.92 Å². The van der Waals surface area contributed by atoms with Crippen molar-refractivity contribution in [2.24, 2.45) is 0 Å². The van der Waals surface area contributed by atoms with Crippen molar-refractivity contribution >= 4 is 29.0 Å². The van der Waals surface area contributed by atoms with Gasteiger partial charge in [0.2, 0.25) is 0 Å². The zero-order chi connectivity index (χ0) is 23.5. The van der Waals surface area contributed by atoms with Crippen LogP contribution < -0.4 is 4.90 Å². The second-order valence-electron chi connectivity index (χ2n) is 8.02. The Hall–Kier alpha value is -3.52. The van der Waals surface area contributed by atoms with Crippen LogP contribution in [0, 0.1) is 24.0 Å². The summed E-state index contributed by atoms with van der Waals surface area (Å²) in [5.41, 5.74) is 3.37. The maximum Gasteiger partial charge on any atom is 0.270 e. The fraction of sp³-hybridized carbons (Fsp3) is 0.292. The van der Waals surface area contributed by atoms with Crippen molar-refractivity contribution in [3.05, 3.63) is 91.9 Å². The number of nitro groups is 1. The topological polar surface area (TPSA) is 92.5 Å². The van der Waals surface area contributed by atoms with Gasteiger partial charge in [-0.1, -0.05) is 41.9 Å². The number of carbonyl (C=O) groups is 1. The molecule has 9 heteroatoms. The van der Waals surface area contributed by atoms with Crippen molar-refractivity contribution in [2.45, 2.75) is 20.3 Å². The molecule has 4 rings (SSSR count). The molecular weight excluding hydrogens is 442 g/mol. The Morgan fingerprint density at radius 1 is 1.06 bits per heavy atom. The lowest BCUT2D eigenvalue weighted by Gasteiger charge is -2.36. The van der Waals surface area contributed by atoms with Crippen molar-refractivity contribution in [1.82, 2.24) is 14.9 Å². The molecule has 33 heavy (non-hydrogen) atoms. The molecule has 0 unspecified atom stereocenters. The first kappa shape index (κ1) is 22.7. The van der Waals surface area contributed by atoms with Crippen LogP contribution in [0.1, 0.15) is 33.0 Å². The van der Waals surface area contributed by atoms with Gasteiger partial charge in [0, 0.05) is 56.0 Å². The third-order valence-corrected chi connectivity index (χ3v) is 6.10. The summed E-state index contributed by atoms with van der Waals surface area (Å²) in [4.78, 5) is 36.6. The SMILES string of the molecule is Cc1nc(C)c(Cc2ccccc2)c(N2CCN(C(=O)c3ccc([N+](=O)[O-])cc3Cl)CC2)n1. The third-order valence-electron chi connectivity index (χ3n) is 5.79. The van der Waals surface area contributed by atoms with Crippen molar-refractivity contribution < 1.29 is 9.72 Å². The number of hydrogen-bond donors (Lipinski definition) is 0. The third kappa shape index (κ3) is 4.96. The number of nitrogens with zero attached hydrogens (tertiary/aromatic N) is 5. The van der Waals surface area contributed by atoms with E-state index in [1.165, 1.54) is 23.8 Å². The van der Waals surface area contributed by atoms with Crippen molar-refractivity contribution in [2.75, 3.05) is 31.1 Å². The minimum absolute atomic E-state index is 0.0869. The number of benzene rings is 2. The van der Waals surface area contributed by atoms with E-state index in [9.17, 15) is 14.9 Å². The molecule has 1 aliphatic heterocycles. The second-order valence-corrected chi connectivity index (χ2v) is 8.43. The number of nitro benzene ring substituents is 1.